The van der Waals surface area contributed by atoms with Crippen LogP contribution >= 0.6 is 0 Å². The molecular weight excluding hydrogens is 336 g/mol. The van der Waals surface area contributed by atoms with Crippen molar-refractivity contribution in [3.63, 3.8) is 0 Å². The first-order valence-electron chi connectivity index (χ1n) is 9.74. The van der Waals surface area contributed by atoms with Crippen molar-refractivity contribution >= 4 is 16.8 Å². The fourth-order valence-electron chi connectivity index (χ4n) is 3.88. The third-order valence-electron chi connectivity index (χ3n) is 5.34. The molecule has 4 nitrogen and oxygen atoms in total. The number of aromatic nitrogens is 1. The molecule has 1 N–H and O–H groups in total. The van der Waals surface area contributed by atoms with E-state index < -0.39 is 0 Å². The summed E-state index contributed by atoms with van der Waals surface area (Å²) in [4.78, 5) is 18.2. The number of carbonyl (C=O) groups is 1. The minimum Gasteiger partial charge on any atom is -0.493 e. The van der Waals surface area contributed by atoms with Gasteiger partial charge in [-0.3, -0.25) is 4.79 Å². The van der Waals surface area contributed by atoms with Crippen LogP contribution in [0, 0.1) is 6.92 Å². The Labute approximate surface area is 160 Å². The fraction of sp³-hybridized carbons (Fsp3) is 0.348. The van der Waals surface area contributed by atoms with Gasteiger partial charge in [0.25, 0.3) is 0 Å². The highest BCUT2D eigenvalue weighted by atomic mass is 16.5. The number of piperidine rings is 1. The van der Waals surface area contributed by atoms with E-state index in [4.69, 9.17) is 4.74 Å². The van der Waals surface area contributed by atoms with E-state index in [0.29, 0.717) is 18.9 Å². The van der Waals surface area contributed by atoms with Gasteiger partial charge in [0.2, 0.25) is 5.91 Å². The SMILES string of the molecule is Cc1ccc2[nH]c(C3CCCN(C(=O)CCOc4ccccc4)C3)cc2c1. The molecule has 1 aromatic heterocycles. The average Bonchev–Trinajstić information content (AvgIpc) is 3.12. The first kappa shape index (κ1) is 17.7. The molecule has 140 valence electrons. The number of nitrogens with one attached hydrogen (secondary N) is 1. The number of carbonyl (C=O) groups excluding carboxylic acids is 1. The average molecular weight is 362 g/mol. The summed E-state index contributed by atoms with van der Waals surface area (Å²) in [5.41, 5.74) is 3.69. The lowest BCUT2D eigenvalue weighted by atomic mass is 9.94. The number of aryl methyl sites for hydroxylation is 1. The van der Waals surface area contributed by atoms with Crippen molar-refractivity contribution in [2.45, 2.75) is 32.1 Å². The van der Waals surface area contributed by atoms with Gasteiger partial charge in [-0.2, -0.15) is 0 Å². The molecule has 1 atom stereocenters. The van der Waals surface area contributed by atoms with Gasteiger partial charge < -0.3 is 14.6 Å². The summed E-state index contributed by atoms with van der Waals surface area (Å²) >= 11 is 0. The molecule has 1 fully saturated rings. The van der Waals surface area contributed by atoms with E-state index in [-0.39, 0.29) is 5.91 Å². The topological polar surface area (TPSA) is 45.3 Å². The number of H-pyrrole nitrogens is 1. The Bertz CT molecular complexity index is 917. The second-order valence-electron chi connectivity index (χ2n) is 7.41. The van der Waals surface area contributed by atoms with Gasteiger partial charge in [-0.15, -0.1) is 0 Å². The number of amides is 1. The summed E-state index contributed by atoms with van der Waals surface area (Å²) < 4.78 is 5.68. The maximum Gasteiger partial charge on any atom is 0.226 e. The number of hydrogen-bond donors (Lipinski definition) is 1. The van der Waals surface area contributed by atoms with Crippen molar-refractivity contribution in [3.05, 3.63) is 65.9 Å². The molecule has 2 heterocycles. The normalized spacial score (nSPS) is 17.2. The monoisotopic (exact) mass is 362 g/mol. The molecule has 1 aliphatic heterocycles. The number of aromatic amines is 1. The van der Waals surface area contributed by atoms with E-state index in [1.807, 2.05) is 35.2 Å². The Morgan fingerprint density at radius 1 is 1.19 bits per heavy atom. The van der Waals surface area contributed by atoms with Gasteiger partial charge in [-0.05, 0) is 55.5 Å². The highest BCUT2D eigenvalue weighted by Crippen LogP contribution is 2.29. The molecule has 0 radical (unpaired) electrons. The predicted molar refractivity (Wildman–Crippen MR) is 108 cm³/mol. The number of rotatable bonds is 5. The molecule has 2 aromatic carbocycles. The second kappa shape index (κ2) is 7.87. The largest absolute Gasteiger partial charge is 0.493 e. The van der Waals surface area contributed by atoms with Crippen LogP contribution in [0.25, 0.3) is 10.9 Å². The van der Waals surface area contributed by atoms with Crippen LogP contribution < -0.4 is 4.74 Å². The van der Waals surface area contributed by atoms with Crippen LogP contribution in [0.3, 0.4) is 0 Å². The van der Waals surface area contributed by atoms with Gasteiger partial charge in [-0.1, -0.05) is 29.8 Å². The molecule has 0 aliphatic carbocycles. The zero-order chi connectivity index (χ0) is 18.6. The zero-order valence-electron chi connectivity index (χ0n) is 15.8. The smallest absolute Gasteiger partial charge is 0.226 e. The number of fused-ring (bicyclic) bond motifs is 1. The fourth-order valence-corrected chi connectivity index (χ4v) is 3.88. The van der Waals surface area contributed by atoms with E-state index in [9.17, 15) is 4.79 Å². The molecule has 4 rings (SSSR count). The van der Waals surface area contributed by atoms with Crippen molar-refractivity contribution in [2.75, 3.05) is 19.7 Å². The number of likely N-dealkylation sites (tertiary alicyclic amines) is 1. The zero-order valence-corrected chi connectivity index (χ0v) is 15.8. The van der Waals surface area contributed by atoms with Gasteiger partial charge in [0, 0.05) is 30.2 Å². The summed E-state index contributed by atoms with van der Waals surface area (Å²) in [5, 5.41) is 1.25. The lowest BCUT2D eigenvalue weighted by Gasteiger charge is -2.32. The number of ether oxygens (including phenoxy) is 1. The minimum absolute atomic E-state index is 0.183. The number of hydrogen-bond acceptors (Lipinski definition) is 2. The predicted octanol–water partition coefficient (Wildman–Crippen LogP) is 4.65. The maximum absolute atomic E-state index is 12.6. The van der Waals surface area contributed by atoms with Crippen LogP contribution in [0.15, 0.2) is 54.6 Å². The third kappa shape index (κ3) is 4.16. The third-order valence-corrected chi connectivity index (χ3v) is 5.34. The highest BCUT2D eigenvalue weighted by Gasteiger charge is 2.25. The van der Waals surface area contributed by atoms with E-state index >= 15 is 0 Å². The van der Waals surface area contributed by atoms with Gasteiger partial charge >= 0.3 is 0 Å². The minimum atomic E-state index is 0.183. The summed E-state index contributed by atoms with van der Waals surface area (Å²) in [6.07, 6.45) is 2.59. The van der Waals surface area contributed by atoms with Crippen LogP contribution in [-0.2, 0) is 4.79 Å². The summed E-state index contributed by atoms with van der Waals surface area (Å²) in [7, 11) is 0. The summed E-state index contributed by atoms with van der Waals surface area (Å²) in [5.74, 6) is 1.38. The molecule has 0 bridgehead atoms. The van der Waals surface area contributed by atoms with Crippen molar-refractivity contribution in [1.29, 1.82) is 0 Å². The highest BCUT2D eigenvalue weighted by molar-refractivity contribution is 5.81. The number of benzene rings is 2. The molecule has 4 heteroatoms. The molecule has 0 saturated carbocycles. The molecule has 0 spiro atoms. The lowest BCUT2D eigenvalue weighted by molar-refractivity contribution is -0.132. The lowest BCUT2D eigenvalue weighted by Crippen LogP contribution is -2.39. The van der Waals surface area contributed by atoms with E-state index in [1.165, 1.54) is 22.2 Å². The first-order chi connectivity index (χ1) is 13.2. The van der Waals surface area contributed by atoms with Gasteiger partial charge in [0.15, 0.2) is 0 Å². The van der Waals surface area contributed by atoms with Crippen LogP contribution in [0.1, 0.15) is 36.4 Å². The standard InChI is InChI=1S/C23H26N2O2/c1-17-9-10-21-19(14-17)15-22(24-21)18-6-5-12-25(16-18)23(26)11-13-27-20-7-3-2-4-8-20/h2-4,7-10,14-15,18,24H,5-6,11-13,16H2,1H3. The molecule has 1 amide bonds. The Morgan fingerprint density at radius 3 is 2.89 bits per heavy atom. The number of nitrogens with zero attached hydrogens (tertiary/aromatic N) is 1. The van der Waals surface area contributed by atoms with Crippen LogP contribution in [0.2, 0.25) is 0 Å². The Balaban J connectivity index is 1.36. The van der Waals surface area contributed by atoms with Crippen molar-refractivity contribution in [3.8, 4) is 5.75 Å². The quantitative estimate of drug-likeness (QED) is 0.718. The molecule has 3 aromatic rings. The maximum atomic E-state index is 12.6. The molecule has 1 saturated heterocycles. The van der Waals surface area contributed by atoms with Gasteiger partial charge in [0.05, 0.1) is 13.0 Å². The van der Waals surface area contributed by atoms with E-state index in [0.717, 1.165) is 31.7 Å². The first-order valence-corrected chi connectivity index (χ1v) is 9.74. The second-order valence-corrected chi connectivity index (χ2v) is 7.41. The van der Waals surface area contributed by atoms with E-state index in [1.54, 1.807) is 0 Å². The van der Waals surface area contributed by atoms with Crippen molar-refractivity contribution in [2.24, 2.45) is 0 Å². The molecule has 1 unspecified atom stereocenters. The molecule has 1 aliphatic rings. The Hall–Kier alpha value is -2.75. The van der Waals surface area contributed by atoms with Gasteiger partial charge in [0.1, 0.15) is 5.75 Å². The number of para-hydroxylation sites is 1. The van der Waals surface area contributed by atoms with E-state index in [2.05, 4.69) is 36.2 Å². The Morgan fingerprint density at radius 2 is 2.04 bits per heavy atom. The van der Waals surface area contributed by atoms with Gasteiger partial charge in [-0.25, -0.2) is 0 Å². The summed E-state index contributed by atoms with van der Waals surface area (Å²) in [6, 6.07) is 18.4. The van der Waals surface area contributed by atoms with Crippen molar-refractivity contribution in [1.82, 2.24) is 9.88 Å². The van der Waals surface area contributed by atoms with Crippen LogP contribution in [0.5, 0.6) is 5.75 Å². The van der Waals surface area contributed by atoms with Crippen molar-refractivity contribution < 1.29 is 9.53 Å². The molecule has 27 heavy (non-hydrogen) atoms. The Kier molecular flexibility index (Phi) is 5.14. The van der Waals surface area contributed by atoms with Crippen LogP contribution in [0.4, 0.5) is 0 Å². The van der Waals surface area contributed by atoms with Crippen LogP contribution in [-0.4, -0.2) is 35.5 Å². The molecular formula is C23H26N2O2. The summed E-state index contributed by atoms with van der Waals surface area (Å²) in [6.45, 7) is 4.18.